The molecule has 0 aliphatic heterocycles. The molecule has 0 radical (unpaired) electrons. The fraction of sp³-hybridized carbons (Fsp3) is 0.143. The van der Waals surface area contributed by atoms with Crippen LogP contribution in [0.25, 0.3) is 16.9 Å². The highest BCUT2D eigenvalue weighted by Crippen LogP contribution is 2.30. The van der Waals surface area contributed by atoms with Crippen LogP contribution in [0.3, 0.4) is 0 Å². The number of benzene rings is 3. The molecule has 0 fully saturated rings. The van der Waals surface area contributed by atoms with Crippen molar-refractivity contribution in [3.05, 3.63) is 111 Å². The van der Waals surface area contributed by atoms with E-state index in [9.17, 15) is 8.42 Å². The number of hydrogen-bond acceptors (Lipinski definition) is 5. The number of halogens is 2. The van der Waals surface area contributed by atoms with Crippen molar-refractivity contribution >= 4 is 49.0 Å². The summed E-state index contributed by atoms with van der Waals surface area (Å²) in [4.78, 5) is 5.00. The van der Waals surface area contributed by atoms with Gasteiger partial charge in [-0.1, -0.05) is 73.1 Å². The van der Waals surface area contributed by atoms with Gasteiger partial charge in [-0.3, -0.25) is 0 Å². The summed E-state index contributed by atoms with van der Waals surface area (Å²) in [6.07, 6.45) is 2.57. The van der Waals surface area contributed by atoms with Gasteiger partial charge in [0, 0.05) is 29.7 Å². The van der Waals surface area contributed by atoms with Crippen LogP contribution in [0.5, 0.6) is 0 Å². The number of hydrogen-bond donors (Lipinski definition) is 2. The van der Waals surface area contributed by atoms with Crippen molar-refractivity contribution in [3.8, 4) is 11.3 Å². The maximum Gasteiger partial charge on any atom is 0.240 e. The fourth-order valence-electron chi connectivity index (χ4n) is 4.00. The molecule has 2 N–H and O–H groups in total. The van der Waals surface area contributed by atoms with E-state index < -0.39 is 10.0 Å². The van der Waals surface area contributed by atoms with Gasteiger partial charge in [0.25, 0.3) is 0 Å². The predicted molar refractivity (Wildman–Crippen MR) is 155 cm³/mol. The number of aryl methyl sites for hydroxylation is 1. The average Bonchev–Trinajstić information content (AvgIpc) is 3.32. The molecule has 5 rings (SSSR count). The Balaban J connectivity index is 1.28. The third-order valence-corrected chi connectivity index (χ3v) is 8.49. The van der Waals surface area contributed by atoms with Crippen molar-refractivity contribution < 1.29 is 8.42 Å². The Labute approximate surface area is 235 Å². The summed E-state index contributed by atoms with van der Waals surface area (Å²) in [5, 5.41) is 8.49. The Morgan fingerprint density at radius 1 is 0.921 bits per heavy atom. The van der Waals surface area contributed by atoms with E-state index in [2.05, 4.69) is 31.1 Å². The van der Waals surface area contributed by atoms with E-state index >= 15 is 0 Å². The van der Waals surface area contributed by atoms with Gasteiger partial charge in [-0.25, -0.2) is 18.1 Å². The van der Waals surface area contributed by atoms with Crippen LogP contribution in [0.2, 0.25) is 5.02 Å². The minimum Gasteiger partial charge on any atom is -0.366 e. The SMILES string of the molecule is CCc1ccc(S(=O)(=O)NCc2ccc(CNc3cc(-c4ccccc4Cl)nc4c(Br)cnn34)cc2)cc1. The summed E-state index contributed by atoms with van der Waals surface area (Å²) in [6.45, 7) is 2.78. The maximum absolute atomic E-state index is 12.6. The van der Waals surface area contributed by atoms with Crippen LogP contribution in [0, 0.1) is 0 Å². The molecular formula is C28H25BrClN5O2S. The Hall–Kier alpha value is -3.24. The van der Waals surface area contributed by atoms with Crippen LogP contribution < -0.4 is 10.0 Å². The fourth-order valence-corrected chi connectivity index (χ4v) is 5.60. The van der Waals surface area contributed by atoms with Crippen LogP contribution >= 0.6 is 27.5 Å². The molecule has 0 saturated carbocycles. The molecule has 2 aromatic heterocycles. The number of nitrogens with one attached hydrogen (secondary N) is 2. The third-order valence-electron chi connectivity index (χ3n) is 6.18. The summed E-state index contributed by atoms with van der Waals surface area (Å²) in [5.41, 5.74) is 5.24. The first-order valence-electron chi connectivity index (χ1n) is 12.0. The molecule has 0 atom stereocenters. The first kappa shape index (κ1) is 26.4. The van der Waals surface area contributed by atoms with Crippen molar-refractivity contribution in [2.75, 3.05) is 5.32 Å². The summed E-state index contributed by atoms with van der Waals surface area (Å²) < 4.78 is 30.5. The third kappa shape index (κ3) is 5.76. The van der Waals surface area contributed by atoms with Gasteiger partial charge in [0.1, 0.15) is 5.82 Å². The van der Waals surface area contributed by atoms with E-state index in [4.69, 9.17) is 16.6 Å². The zero-order chi connectivity index (χ0) is 26.7. The predicted octanol–water partition coefficient (Wildman–Crippen LogP) is 6.47. The molecule has 38 heavy (non-hydrogen) atoms. The molecule has 0 amide bonds. The summed E-state index contributed by atoms with van der Waals surface area (Å²) >= 11 is 9.95. The van der Waals surface area contributed by atoms with Crippen molar-refractivity contribution in [2.24, 2.45) is 0 Å². The second kappa shape index (κ2) is 11.2. The highest BCUT2D eigenvalue weighted by molar-refractivity contribution is 9.10. The molecule has 2 heterocycles. The average molecular weight is 611 g/mol. The second-order valence-corrected chi connectivity index (χ2v) is 11.8. The number of nitrogens with zero attached hydrogens (tertiary/aromatic N) is 3. The summed E-state index contributed by atoms with van der Waals surface area (Å²) in [7, 11) is -3.58. The van der Waals surface area contributed by atoms with Gasteiger partial charge in [-0.05, 0) is 57.2 Å². The molecule has 5 aromatic rings. The maximum atomic E-state index is 12.6. The highest BCUT2D eigenvalue weighted by atomic mass is 79.9. The molecule has 3 aromatic carbocycles. The number of rotatable bonds is 9. The molecule has 0 spiro atoms. The lowest BCUT2D eigenvalue weighted by atomic mass is 10.1. The Morgan fingerprint density at radius 3 is 2.26 bits per heavy atom. The largest absolute Gasteiger partial charge is 0.366 e. The Kier molecular flexibility index (Phi) is 7.80. The van der Waals surface area contributed by atoms with E-state index in [1.54, 1.807) is 22.8 Å². The molecule has 0 saturated heterocycles. The molecular weight excluding hydrogens is 586 g/mol. The lowest BCUT2D eigenvalue weighted by molar-refractivity contribution is 0.581. The normalized spacial score (nSPS) is 11.7. The number of fused-ring (bicyclic) bond motifs is 1. The second-order valence-electron chi connectivity index (χ2n) is 8.73. The van der Waals surface area contributed by atoms with Gasteiger partial charge in [-0.2, -0.15) is 9.61 Å². The van der Waals surface area contributed by atoms with E-state index in [-0.39, 0.29) is 11.4 Å². The standard InChI is InChI=1S/C28H25BrClN5O2S/c1-2-19-11-13-22(14-12-19)38(36,37)33-17-21-9-7-20(8-10-21)16-31-27-15-26(23-5-3-4-6-25(23)30)34-28-24(29)18-32-35(27)28/h3-15,18,31,33H,2,16-17H2,1H3. The molecule has 0 unspecified atom stereocenters. The van der Waals surface area contributed by atoms with E-state index in [0.29, 0.717) is 17.2 Å². The molecule has 0 aliphatic rings. The zero-order valence-electron chi connectivity index (χ0n) is 20.5. The minimum absolute atomic E-state index is 0.207. The van der Waals surface area contributed by atoms with Gasteiger partial charge in [0.15, 0.2) is 5.65 Å². The molecule has 0 aliphatic carbocycles. The summed E-state index contributed by atoms with van der Waals surface area (Å²) in [6, 6.07) is 24.2. The van der Waals surface area contributed by atoms with Gasteiger partial charge in [0.2, 0.25) is 10.0 Å². The van der Waals surface area contributed by atoms with Crippen LogP contribution in [0.1, 0.15) is 23.6 Å². The number of anilines is 1. The van der Waals surface area contributed by atoms with Crippen LogP contribution in [-0.2, 0) is 29.5 Å². The molecule has 194 valence electrons. The molecule has 0 bridgehead atoms. The lowest BCUT2D eigenvalue weighted by Crippen LogP contribution is -2.23. The number of aromatic nitrogens is 3. The van der Waals surface area contributed by atoms with E-state index in [0.717, 1.165) is 44.7 Å². The van der Waals surface area contributed by atoms with Gasteiger partial charge < -0.3 is 5.32 Å². The molecule has 7 nitrogen and oxygen atoms in total. The monoisotopic (exact) mass is 609 g/mol. The zero-order valence-corrected chi connectivity index (χ0v) is 23.7. The van der Waals surface area contributed by atoms with Crippen molar-refractivity contribution in [2.45, 2.75) is 31.3 Å². The van der Waals surface area contributed by atoms with Crippen molar-refractivity contribution in [3.63, 3.8) is 0 Å². The Bertz CT molecular complexity index is 1690. The van der Waals surface area contributed by atoms with Crippen LogP contribution in [-0.4, -0.2) is 23.0 Å². The van der Waals surface area contributed by atoms with Crippen LogP contribution in [0.15, 0.2) is 94.4 Å². The van der Waals surface area contributed by atoms with Gasteiger partial charge in [-0.15, -0.1) is 0 Å². The van der Waals surface area contributed by atoms with Gasteiger partial charge >= 0.3 is 0 Å². The Morgan fingerprint density at radius 2 is 1.58 bits per heavy atom. The first-order valence-corrected chi connectivity index (χ1v) is 14.7. The van der Waals surface area contributed by atoms with Crippen LogP contribution in [0.4, 0.5) is 5.82 Å². The van der Waals surface area contributed by atoms with Crippen molar-refractivity contribution in [1.82, 2.24) is 19.3 Å². The highest BCUT2D eigenvalue weighted by Gasteiger charge is 2.15. The smallest absolute Gasteiger partial charge is 0.240 e. The minimum atomic E-state index is -3.58. The number of sulfonamides is 1. The summed E-state index contributed by atoms with van der Waals surface area (Å²) in [5.74, 6) is 0.765. The van der Waals surface area contributed by atoms with Crippen molar-refractivity contribution in [1.29, 1.82) is 0 Å². The quantitative estimate of drug-likeness (QED) is 0.200. The van der Waals surface area contributed by atoms with Gasteiger partial charge in [0.05, 0.1) is 21.3 Å². The van der Waals surface area contributed by atoms with E-state index in [1.807, 2.05) is 73.7 Å². The lowest BCUT2D eigenvalue weighted by Gasteiger charge is -2.12. The first-order chi connectivity index (χ1) is 18.3. The molecule has 10 heteroatoms. The topological polar surface area (TPSA) is 88.4 Å². The van der Waals surface area contributed by atoms with E-state index in [1.165, 1.54) is 0 Å².